The zero-order valence-electron chi connectivity index (χ0n) is 7.58. The van der Waals surface area contributed by atoms with E-state index in [1.165, 1.54) is 11.3 Å². The molecule has 0 amide bonds. The molecular formula is C10H9ClO2S. The van der Waals surface area contributed by atoms with Crippen LogP contribution in [0.25, 0.3) is 10.1 Å². The number of methoxy groups -OCH3 is 1. The number of aliphatic hydroxyl groups is 1. The second-order valence-electron chi connectivity index (χ2n) is 2.92. The Kier molecular flexibility index (Phi) is 2.63. The first kappa shape index (κ1) is 9.77. The van der Waals surface area contributed by atoms with Crippen LogP contribution in [0.15, 0.2) is 18.2 Å². The second kappa shape index (κ2) is 3.77. The summed E-state index contributed by atoms with van der Waals surface area (Å²) in [5.41, 5.74) is 0.826. The zero-order valence-corrected chi connectivity index (χ0v) is 9.15. The lowest BCUT2D eigenvalue weighted by Crippen LogP contribution is -1.81. The van der Waals surface area contributed by atoms with E-state index in [1.807, 2.05) is 12.1 Å². The van der Waals surface area contributed by atoms with Gasteiger partial charge >= 0.3 is 0 Å². The van der Waals surface area contributed by atoms with Crippen LogP contribution in [0, 0.1) is 0 Å². The fraction of sp³-hybridized carbons (Fsp3) is 0.200. The monoisotopic (exact) mass is 228 g/mol. The highest BCUT2D eigenvalue weighted by Gasteiger charge is 2.06. The first-order chi connectivity index (χ1) is 6.74. The number of thiophene rings is 1. The fourth-order valence-corrected chi connectivity index (χ4v) is 2.64. The summed E-state index contributed by atoms with van der Waals surface area (Å²) >= 11 is 7.57. The van der Waals surface area contributed by atoms with E-state index in [4.69, 9.17) is 21.4 Å². The number of hydrogen-bond acceptors (Lipinski definition) is 3. The number of benzene rings is 1. The van der Waals surface area contributed by atoms with Crippen molar-refractivity contribution < 1.29 is 9.84 Å². The smallest absolute Gasteiger partial charge is 0.174 e. The summed E-state index contributed by atoms with van der Waals surface area (Å²) in [7, 11) is 1.63. The Bertz CT molecular complexity index is 464. The largest absolute Gasteiger partial charge is 0.487 e. The van der Waals surface area contributed by atoms with Gasteiger partial charge < -0.3 is 9.84 Å². The molecule has 0 unspecified atom stereocenters. The number of hydrogen-bond donors (Lipinski definition) is 1. The molecule has 2 aromatic rings. The third-order valence-electron chi connectivity index (χ3n) is 2.01. The Morgan fingerprint density at radius 3 is 2.86 bits per heavy atom. The van der Waals surface area contributed by atoms with Gasteiger partial charge in [-0.1, -0.05) is 22.9 Å². The molecule has 2 nitrogen and oxygen atoms in total. The normalized spacial score (nSPS) is 10.8. The maximum Gasteiger partial charge on any atom is 0.174 e. The van der Waals surface area contributed by atoms with E-state index in [2.05, 4.69) is 0 Å². The van der Waals surface area contributed by atoms with Crippen molar-refractivity contribution in [1.29, 1.82) is 0 Å². The van der Waals surface area contributed by atoms with Crippen molar-refractivity contribution in [2.24, 2.45) is 0 Å². The molecule has 0 aliphatic carbocycles. The fourth-order valence-electron chi connectivity index (χ4n) is 1.32. The molecule has 0 bridgehead atoms. The maximum absolute atomic E-state index is 9.00. The van der Waals surface area contributed by atoms with Crippen molar-refractivity contribution in [2.75, 3.05) is 7.11 Å². The van der Waals surface area contributed by atoms with Crippen LogP contribution < -0.4 is 4.74 Å². The minimum atomic E-state index is 0.00980. The molecule has 1 aromatic heterocycles. The van der Waals surface area contributed by atoms with Gasteiger partial charge in [0.2, 0.25) is 0 Å². The maximum atomic E-state index is 9.00. The molecule has 0 radical (unpaired) electrons. The van der Waals surface area contributed by atoms with Crippen LogP contribution in [-0.2, 0) is 6.61 Å². The molecule has 2 rings (SSSR count). The van der Waals surface area contributed by atoms with Gasteiger partial charge in [0.25, 0.3) is 0 Å². The molecule has 0 aliphatic rings. The average Bonchev–Trinajstić information content (AvgIpc) is 2.61. The van der Waals surface area contributed by atoms with Gasteiger partial charge in [0.15, 0.2) is 5.06 Å². The van der Waals surface area contributed by atoms with Crippen molar-refractivity contribution in [1.82, 2.24) is 0 Å². The van der Waals surface area contributed by atoms with Gasteiger partial charge in [-0.25, -0.2) is 0 Å². The van der Waals surface area contributed by atoms with Gasteiger partial charge in [-0.05, 0) is 17.7 Å². The van der Waals surface area contributed by atoms with Crippen LogP contribution in [0.5, 0.6) is 5.06 Å². The summed E-state index contributed by atoms with van der Waals surface area (Å²) in [6.07, 6.45) is 0. The standard InChI is InChI=1S/C10H9ClO2S/c1-13-10-4-7-8(11)2-6(5-12)3-9(7)14-10/h2-4,12H,5H2,1H3. The summed E-state index contributed by atoms with van der Waals surface area (Å²) in [6.45, 7) is 0.00980. The third kappa shape index (κ3) is 1.59. The van der Waals surface area contributed by atoms with Crippen molar-refractivity contribution in [3.8, 4) is 5.06 Å². The Hall–Kier alpha value is -0.770. The van der Waals surface area contributed by atoms with Gasteiger partial charge in [0.1, 0.15) is 0 Å². The predicted octanol–water partition coefficient (Wildman–Crippen LogP) is 3.06. The minimum absolute atomic E-state index is 0.00980. The molecule has 1 N–H and O–H groups in total. The van der Waals surface area contributed by atoms with Crippen LogP contribution >= 0.6 is 22.9 Å². The third-order valence-corrected chi connectivity index (χ3v) is 3.36. The highest BCUT2D eigenvalue weighted by molar-refractivity contribution is 7.20. The first-order valence-electron chi connectivity index (χ1n) is 4.11. The summed E-state index contributed by atoms with van der Waals surface area (Å²) in [6, 6.07) is 5.61. The Morgan fingerprint density at radius 1 is 1.43 bits per heavy atom. The highest BCUT2D eigenvalue weighted by Crippen LogP contribution is 2.36. The number of ether oxygens (including phenoxy) is 1. The van der Waals surface area contributed by atoms with E-state index in [9.17, 15) is 0 Å². The van der Waals surface area contributed by atoms with Crippen molar-refractivity contribution in [3.05, 3.63) is 28.8 Å². The zero-order chi connectivity index (χ0) is 10.1. The van der Waals surface area contributed by atoms with Crippen LogP contribution in [-0.4, -0.2) is 12.2 Å². The molecule has 4 heteroatoms. The topological polar surface area (TPSA) is 29.5 Å². The summed E-state index contributed by atoms with van der Waals surface area (Å²) in [5, 5.41) is 11.5. The van der Waals surface area contributed by atoms with E-state index >= 15 is 0 Å². The first-order valence-corrected chi connectivity index (χ1v) is 5.31. The molecule has 0 saturated carbocycles. The molecule has 0 atom stereocenters. The quantitative estimate of drug-likeness (QED) is 0.856. The predicted molar refractivity (Wildman–Crippen MR) is 59.3 cm³/mol. The molecule has 0 fully saturated rings. The Balaban J connectivity index is 2.67. The van der Waals surface area contributed by atoms with Crippen LogP contribution in [0.1, 0.15) is 5.56 Å². The lowest BCUT2D eigenvalue weighted by atomic mass is 10.2. The van der Waals surface area contributed by atoms with Gasteiger partial charge in [-0.2, -0.15) is 0 Å². The summed E-state index contributed by atoms with van der Waals surface area (Å²) in [5.74, 6) is 0. The molecular weight excluding hydrogens is 220 g/mol. The van der Waals surface area contributed by atoms with Gasteiger partial charge in [-0.3, -0.25) is 0 Å². The Labute approximate surface area is 90.7 Å². The molecule has 0 spiro atoms. The number of aliphatic hydroxyl groups excluding tert-OH is 1. The van der Waals surface area contributed by atoms with Crippen LogP contribution in [0.3, 0.4) is 0 Å². The summed E-state index contributed by atoms with van der Waals surface area (Å²) in [4.78, 5) is 0. The lowest BCUT2D eigenvalue weighted by molar-refractivity contribution is 0.282. The Morgan fingerprint density at radius 2 is 2.21 bits per heavy atom. The number of rotatable bonds is 2. The van der Waals surface area contributed by atoms with Crippen molar-refractivity contribution >= 4 is 33.0 Å². The molecule has 0 aliphatic heterocycles. The second-order valence-corrected chi connectivity index (χ2v) is 4.37. The van der Waals surface area contributed by atoms with E-state index in [0.717, 1.165) is 20.7 Å². The van der Waals surface area contributed by atoms with Crippen LogP contribution in [0.4, 0.5) is 0 Å². The molecule has 14 heavy (non-hydrogen) atoms. The lowest BCUT2D eigenvalue weighted by Gasteiger charge is -1.97. The number of halogens is 1. The van der Waals surface area contributed by atoms with Crippen molar-refractivity contribution in [2.45, 2.75) is 6.61 Å². The van der Waals surface area contributed by atoms with Crippen LogP contribution in [0.2, 0.25) is 5.02 Å². The van der Waals surface area contributed by atoms with E-state index in [0.29, 0.717) is 5.02 Å². The minimum Gasteiger partial charge on any atom is -0.487 e. The van der Waals surface area contributed by atoms with Gasteiger partial charge in [0.05, 0.1) is 13.7 Å². The molecule has 0 saturated heterocycles. The van der Waals surface area contributed by atoms with E-state index in [-0.39, 0.29) is 6.61 Å². The molecule has 1 aromatic carbocycles. The van der Waals surface area contributed by atoms with Gasteiger partial charge in [0, 0.05) is 21.2 Å². The van der Waals surface area contributed by atoms with Gasteiger partial charge in [-0.15, -0.1) is 0 Å². The van der Waals surface area contributed by atoms with Crippen molar-refractivity contribution in [3.63, 3.8) is 0 Å². The van der Waals surface area contributed by atoms with E-state index < -0.39 is 0 Å². The highest BCUT2D eigenvalue weighted by atomic mass is 35.5. The molecule has 74 valence electrons. The number of fused-ring (bicyclic) bond motifs is 1. The average molecular weight is 229 g/mol. The molecule has 1 heterocycles. The summed E-state index contributed by atoms with van der Waals surface area (Å²) < 4.78 is 6.17. The van der Waals surface area contributed by atoms with E-state index in [1.54, 1.807) is 13.2 Å². The SMILES string of the molecule is COc1cc2c(Cl)cc(CO)cc2s1.